The van der Waals surface area contributed by atoms with Gasteiger partial charge in [-0.2, -0.15) is 0 Å². The van der Waals surface area contributed by atoms with E-state index < -0.39 is 0 Å². The van der Waals surface area contributed by atoms with Gasteiger partial charge in [-0.3, -0.25) is 0 Å². The average molecular weight is 113 g/mol. The highest BCUT2D eigenvalue weighted by atomic mass is 16.3. The Morgan fingerprint density at radius 2 is 2.25 bits per heavy atom. The summed E-state index contributed by atoms with van der Waals surface area (Å²) in [6, 6.07) is 0. The van der Waals surface area contributed by atoms with Gasteiger partial charge in [0.1, 0.15) is 0 Å². The maximum Gasteiger partial charge on any atom is 0.0966 e. The molecule has 0 heterocycles. The zero-order valence-corrected chi connectivity index (χ0v) is 5.52. The minimum Gasteiger partial charge on any atom is -0.387 e. The number of rotatable bonds is 1. The van der Waals surface area contributed by atoms with Crippen LogP contribution in [-0.2, 0) is 0 Å². The van der Waals surface area contributed by atoms with Crippen LogP contribution in [0.1, 0.15) is 26.7 Å². The van der Waals surface area contributed by atoms with Gasteiger partial charge in [-0.1, -0.05) is 13.8 Å². The van der Waals surface area contributed by atoms with Gasteiger partial charge in [0.15, 0.2) is 0 Å². The molecule has 1 aliphatic rings. The van der Waals surface area contributed by atoms with Crippen LogP contribution in [0.5, 0.6) is 0 Å². The van der Waals surface area contributed by atoms with Crippen molar-refractivity contribution in [1.82, 2.24) is 0 Å². The Balaban J connectivity index is 2.26. The Bertz CT molecular complexity index is 73.7. The zero-order chi connectivity index (χ0) is 6.15. The van der Waals surface area contributed by atoms with Crippen LogP contribution >= 0.6 is 0 Å². The molecular formula is C7H13O. The standard InChI is InChI=1S/C7H13O/c1-5(2)6-3-4-7(6)8/h5-6,8H,3-4H2,1-2H3. The molecule has 1 atom stereocenters. The van der Waals surface area contributed by atoms with Crippen LogP contribution in [0.25, 0.3) is 0 Å². The third-order valence-corrected chi connectivity index (χ3v) is 1.94. The summed E-state index contributed by atoms with van der Waals surface area (Å²) in [5, 5.41) is 8.99. The predicted molar refractivity (Wildman–Crippen MR) is 32.7 cm³/mol. The lowest BCUT2D eigenvalue weighted by atomic mass is 9.75. The zero-order valence-electron chi connectivity index (χ0n) is 5.52. The average Bonchev–Trinajstić information content (AvgIpc) is 1.61. The maximum atomic E-state index is 8.99. The third-order valence-electron chi connectivity index (χ3n) is 1.94. The topological polar surface area (TPSA) is 20.2 Å². The first-order valence-electron chi connectivity index (χ1n) is 3.26. The fourth-order valence-corrected chi connectivity index (χ4v) is 1.16. The molecule has 1 nitrogen and oxygen atoms in total. The van der Waals surface area contributed by atoms with Crippen molar-refractivity contribution in [2.45, 2.75) is 26.7 Å². The lowest BCUT2D eigenvalue weighted by molar-refractivity contribution is 0.101. The second-order valence-electron chi connectivity index (χ2n) is 2.88. The van der Waals surface area contributed by atoms with Gasteiger partial charge in [0.25, 0.3) is 0 Å². The summed E-state index contributed by atoms with van der Waals surface area (Å²) in [4.78, 5) is 0. The molecule has 0 aromatic rings. The first-order valence-corrected chi connectivity index (χ1v) is 3.26. The molecule has 1 heteroatoms. The Morgan fingerprint density at radius 1 is 1.62 bits per heavy atom. The molecule has 0 bridgehead atoms. The molecule has 1 unspecified atom stereocenters. The fourth-order valence-electron chi connectivity index (χ4n) is 1.16. The summed E-state index contributed by atoms with van der Waals surface area (Å²) < 4.78 is 0. The third kappa shape index (κ3) is 0.873. The van der Waals surface area contributed by atoms with Crippen molar-refractivity contribution in [2.75, 3.05) is 0 Å². The van der Waals surface area contributed by atoms with Crippen molar-refractivity contribution in [3.05, 3.63) is 6.10 Å². The second kappa shape index (κ2) is 2.06. The maximum absolute atomic E-state index is 8.99. The van der Waals surface area contributed by atoms with Gasteiger partial charge in [-0.25, -0.2) is 0 Å². The lowest BCUT2D eigenvalue weighted by Gasteiger charge is -2.34. The molecule has 1 N–H and O–H groups in total. The minimum atomic E-state index is 0.523. The van der Waals surface area contributed by atoms with Gasteiger partial charge in [-0.15, -0.1) is 0 Å². The van der Waals surface area contributed by atoms with Crippen molar-refractivity contribution < 1.29 is 5.11 Å². The molecule has 0 aliphatic heterocycles. The van der Waals surface area contributed by atoms with Gasteiger partial charge in [-0.05, 0) is 24.7 Å². The summed E-state index contributed by atoms with van der Waals surface area (Å²) in [6.07, 6.45) is 2.87. The Morgan fingerprint density at radius 3 is 2.25 bits per heavy atom. The van der Waals surface area contributed by atoms with Crippen molar-refractivity contribution in [2.24, 2.45) is 11.8 Å². The summed E-state index contributed by atoms with van der Waals surface area (Å²) >= 11 is 0. The molecule has 47 valence electrons. The van der Waals surface area contributed by atoms with Crippen molar-refractivity contribution in [1.29, 1.82) is 0 Å². The van der Waals surface area contributed by atoms with Crippen LogP contribution in [-0.4, -0.2) is 5.11 Å². The molecule has 1 aliphatic carbocycles. The van der Waals surface area contributed by atoms with E-state index in [4.69, 9.17) is 5.11 Å². The van der Waals surface area contributed by atoms with Crippen LogP contribution in [0, 0.1) is 17.9 Å². The first kappa shape index (κ1) is 6.09. The molecular weight excluding hydrogens is 100 g/mol. The van der Waals surface area contributed by atoms with Crippen molar-refractivity contribution in [3.8, 4) is 0 Å². The molecule has 0 aromatic heterocycles. The number of hydrogen-bond acceptors (Lipinski definition) is 1. The van der Waals surface area contributed by atoms with E-state index in [2.05, 4.69) is 13.8 Å². The molecule has 1 fully saturated rings. The smallest absolute Gasteiger partial charge is 0.0966 e. The quantitative estimate of drug-likeness (QED) is 0.551. The van der Waals surface area contributed by atoms with E-state index in [9.17, 15) is 0 Å². The molecule has 1 saturated carbocycles. The van der Waals surface area contributed by atoms with Gasteiger partial charge in [0.05, 0.1) is 6.10 Å². The molecule has 1 radical (unpaired) electrons. The van der Waals surface area contributed by atoms with E-state index in [0.717, 1.165) is 12.5 Å². The molecule has 0 saturated heterocycles. The van der Waals surface area contributed by atoms with E-state index >= 15 is 0 Å². The van der Waals surface area contributed by atoms with Crippen LogP contribution in [0.2, 0.25) is 0 Å². The number of hydrogen-bond donors (Lipinski definition) is 1. The van der Waals surface area contributed by atoms with Gasteiger partial charge in [0.2, 0.25) is 0 Å². The first-order chi connectivity index (χ1) is 3.72. The highest BCUT2D eigenvalue weighted by Gasteiger charge is 2.31. The largest absolute Gasteiger partial charge is 0.387 e. The summed E-state index contributed by atoms with van der Waals surface area (Å²) in [6.45, 7) is 4.31. The van der Waals surface area contributed by atoms with E-state index in [-0.39, 0.29) is 0 Å². The highest BCUT2D eigenvalue weighted by Crippen LogP contribution is 2.38. The summed E-state index contributed by atoms with van der Waals surface area (Å²) in [7, 11) is 0. The monoisotopic (exact) mass is 113 g/mol. The van der Waals surface area contributed by atoms with Crippen LogP contribution in [0.15, 0.2) is 0 Å². The van der Waals surface area contributed by atoms with Crippen molar-refractivity contribution >= 4 is 0 Å². The van der Waals surface area contributed by atoms with E-state index in [1.165, 1.54) is 6.42 Å². The molecule has 0 aromatic carbocycles. The fraction of sp³-hybridized carbons (Fsp3) is 0.857. The molecule has 8 heavy (non-hydrogen) atoms. The van der Waals surface area contributed by atoms with Gasteiger partial charge >= 0.3 is 0 Å². The number of aliphatic hydroxyl groups is 1. The molecule has 1 rings (SSSR count). The van der Waals surface area contributed by atoms with Crippen LogP contribution < -0.4 is 0 Å². The van der Waals surface area contributed by atoms with Crippen molar-refractivity contribution in [3.63, 3.8) is 0 Å². The Hall–Kier alpha value is -0.0400. The molecule has 0 amide bonds. The highest BCUT2D eigenvalue weighted by molar-refractivity contribution is 4.96. The second-order valence-corrected chi connectivity index (χ2v) is 2.88. The van der Waals surface area contributed by atoms with E-state index in [0.29, 0.717) is 11.8 Å². The predicted octanol–water partition coefficient (Wildman–Crippen LogP) is 1.96. The minimum absolute atomic E-state index is 0.523. The molecule has 0 spiro atoms. The number of aliphatic hydroxyl groups excluding tert-OH is 1. The lowest BCUT2D eigenvalue weighted by Crippen LogP contribution is -2.27. The summed E-state index contributed by atoms with van der Waals surface area (Å²) in [5.74, 6) is 1.17. The Kier molecular flexibility index (Phi) is 1.57. The van der Waals surface area contributed by atoms with Gasteiger partial charge < -0.3 is 5.11 Å². The SMILES string of the molecule is CC(C)C1CC[C]1O. The van der Waals surface area contributed by atoms with Gasteiger partial charge in [0, 0.05) is 0 Å². The van der Waals surface area contributed by atoms with E-state index in [1.807, 2.05) is 0 Å². The normalized spacial score (nSPS) is 30.8. The van der Waals surface area contributed by atoms with Crippen LogP contribution in [0.4, 0.5) is 0 Å². The Labute approximate surface area is 50.7 Å². The van der Waals surface area contributed by atoms with E-state index in [1.54, 1.807) is 0 Å². The van der Waals surface area contributed by atoms with Crippen LogP contribution in [0.3, 0.4) is 0 Å². The summed E-state index contributed by atoms with van der Waals surface area (Å²) in [5.41, 5.74) is 0.